The van der Waals surface area contributed by atoms with E-state index in [-0.39, 0.29) is 6.71 Å². The molecule has 0 atom stereocenters. The molecule has 0 unspecified atom stereocenters. The fourth-order valence-electron chi connectivity index (χ4n) is 7.25. The fourth-order valence-corrected chi connectivity index (χ4v) is 9.84. The number of fused-ring (bicyclic) bond motifs is 5. The predicted octanol–water partition coefficient (Wildman–Crippen LogP) is 6.23. The zero-order valence-electron chi connectivity index (χ0n) is 23.5. The zero-order chi connectivity index (χ0) is 28.5. The Labute approximate surface area is 258 Å². The van der Waals surface area contributed by atoms with E-state index in [1.807, 2.05) is 24.3 Å². The van der Waals surface area contributed by atoms with Crippen molar-refractivity contribution in [1.82, 2.24) is 0 Å². The Morgan fingerprint density at radius 2 is 1.49 bits per heavy atom. The minimum atomic E-state index is 0.00753. The Morgan fingerprint density at radius 1 is 0.674 bits per heavy atom. The van der Waals surface area contributed by atoms with Crippen molar-refractivity contribution in [1.29, 1.82) is 5.26 Å². The van der Waals surface area contributed by atoms with Crippen LogP contribution >= 0.6 is 0 Å². The number of hydrogen-bond acceptors (Lipinski definition) is 4. The van der Waals surface area contributed by atoms with Crippen LogP contribution in [0.15, 0.2) is 119 Å². The van der Waals surface area contributed by atoms with Crippen LogP contribution in [-0.4, -0.2) is 21.7 Å². The van der Waals surface area contributed by atoms with Gasteiger partial charge in [-0.3, -0.25) is 0 Å². The summed E-state index contributed by atoms with van der Waals surface area (Å²) in [5.74, 6) is 1.62. The molecule has 0 radical (unpaired) electrons. The summed E-state index contributed by atoms with van der Waals surface area (Å²) in [4.78, 5) is 4.88. The van der Waals surface area contributed by atoms with Crippen LogP contribution in [0.3, 0.4) is 0 Å². The van der Waals surface area contributed by atoms with E-state index in [2.05, 4.69) is 101 Å². The van der Waals surface area contributed by atoms with Gasteiger partial charge in [0.05, 0.1) is 0 Å². The summed E-state index contributed by atoms with van der Waals surface area (Å²) in [6.07, 6.45) is 4.84. The van der Waals surface area contributed by atoms with Gasteiger partial charge >= 0.3 is 259 Å². The molecule has 1 aliphatic carbocycles. The Balaban J connectivity index is 1.32. The van der Waals surface area contributed by atoms with Crippen molar-refractivity contribution in [2.45, 2.75) is 25.7 Å². The van der Waals surface area contributed by atoms with Crippen LogP contribution in [0.1, 0.15) is 31.2 Å². The second kappa shape index (κ2) is 9.68. The van der Waals surface area contributed by atoms with Crippen molar-refractivity contribution in [3.05, 3.63) is 125 Å². The molecule has 4 nitrogen and oxygen atoms in total. The Bertz CT molecular complexity index is 2030. The van der Waals surface area contributed by atoms with Crippen LogP contribution in [-0.2, 0) is 0 Å². The van der Waals surface area contributed by atoms with E-state index in [4.69, 9.17) is 4.74 Å². The third kappa shape index (κ3) is 3.76. The van der Waals surface area contributed by atoms with E-state index < -0.39 is 0 Å². The van der Waals surface area contributed by atoms with Crippen LogP contribution in [0.4, 0.5) is 28.4 Å². The summed E-state index contributed by atoms with van der Waals surface area (Å²) in [5, 5.41) is 10.1. The first kappa shape index (κ1) is 24.9. The molecule has 0 aromatic heterocycles. The summed E-state index contributed by atoms with van der Waals surface area (Å²) < 4.78 is 9.59. The molecule has 0 fully saturated rings. The average Bonchev–Trinajstić information content (AvgIpc) is 3.07. The molecule has 0 spiro atoms. The van der Waals surface area contributed by atoms with Gasteiger partial charge in [-0.25, -0.2) is 0 Å². The number of benzene rings is 5. The SMILES string of the molecule is N#Cc1cc2c3c(c1)N(c1ccccc1)c1cc(N4C5=C(CCCC5)[Se]c5ccccc54)ccc1B3c1ccccc1O2. The minimum absolute atomic E-state index is 0.00753. The number of anilines is 5. The summed E-state index contributed by atoms with van der Waals surface area (Å²) >= 11 is 0.377. The summed E-state index contributed by atoms with van der Waals surface area (Å²) in [6, 6.07) is 41.2. The molecule has 5 aromatic carbocycles. The van der Waals surface area contributed by atoms with Gasteiger partial charge in [0.2, 0.25) is 0 Å². The van der Waals surface area contributed by atoms with Crippen LogP contribution < -0.4 is 35.4 Å². The van der Waals surface area contributed by atoms with Crippen molar-refractivity contribution < 1.29 is 4.74 Å². The van der Waals surface area contributed by atoms with E-state index in [0.717, 1.165) is 45.9 Å². The van der Waals surface area contributed by atoms with E-state index >= 15 is 0 Å². The van der Waals surface area contributed by atoms with Crippen molar-refractivity contribution >= 4 is 71.0 Å². The van der Waals surface area contributed by atoms with Gasteiger partial charge in [0.1, 0.15) is 0 Å². The third-order valence-corrected chi connectivity index (χ3v) is 11.7. The first-order valence-corrected chi connectivity index (χ1v) is 16.6. The van der Waals surface area contributed by atoms with Crippen LogP contribution in [0.5, 0.6) is 11.5 Å². The zero-order valence-corrected chi connectivity index (χ0v) is 25.2. The van der Waals surface area contributed by atoms with Crippen molar-refractivity contribution in [3.63, 3.8) is 0 Å². The van der Waals surface area contributed by atoms with Gasteiger partial charge in [0.15, 0.2) is 0 Å². The van der Waals surface area contributed by atoms with Crippen LogP contribution in [0.25, 0.3) is 0 Å². The fraction of sp³-hybridized carbons (Fsp3) is 0.108. The molecular formula is C37H26BN3OSe. The van der Waals surface area contributed by atoms with Crippen molar-refractivity contribution in [2.24, 2.45) is 0 Å². The normalized spacial score (nSPS) is 15.8. The summed E-state index contributed by atoms with van der Waals surface area (Å²) in [7, 11) is 0. The molecule has 3 aliphatic heterocycles. The van der Waals surface area contributed by atoms with Gasteiger partial charge in [0, 0.05) is 0 Å². The quantitative estimate of drug-likeness (QED) is 0.216. The molecule has 6 heteroatoms. The van der Waals surface area contributed by atoms with Crippen molar-refractivity contribution in [2.75, 3.05) is 9.80 Å². The van der Waals surface area contributed by atoms with E-state index in [9.17, 15) is 5.26 Å². The number of para-hydroxylation sites is 3. The molecule has 0 saturated heterocycles. The Hall–Kier alpha value is -4.69. The molecule has 4 aliphatic rings. The molecule has 0 bridgehead atoms. The van der Waals surface area contributed by atoms with Gasteiger partial charge in [0.25, 0.3) is 0 Å². The molecule has 0 saturated carbocycles. The average molecular weight is 618 g/mol. The second-order valence-electron chi connectivity index (χ2n) is 11.5. The Morgan fingerprint density at radius 3 is 2.40 bits per heavy atom. The number of ether oxygens (including phenoxy) is 1. The number of rotatable bonds is 2. The number of nitriles is 1. The molecule has 3 heterocycles. The monoisotopic (exact) mass is 619 g/mol. The molecule has 9 rings (SSSR count). The molecular weight excluding hydrogens is 592 g/mol. The maximum absolute atomic E-state index is 10.1. The summed E-state index contributed by atoms with van der Waals surface area (Å²) in [6.45, 7) is 0.00753. The molecule has 204 valence electrons. The summed E-state index contributed by atoms with van der Waals surface area (Å²) in [5.41, 5.74) is 11.3. The topological polar surface area (TPSA) is 39.5 Å². The molecule has 0 N–H and O–H groups in total. The van der Waals surface area contributed by atoms with Gasteiger partial charge < -0.3 is 0 Å². The second-order valence-corrected chi connectivity index (χ2v) is 13.9. The van der Waals surface area contributed by atoms with Crippen LogP contribution in [0.2, 0.25) is 0 Å². The van der Waals surface area contributed by atoms with E-state index in [1.165, 1.54) is 46.3 Å². The molecule has 43 heavy (non-hydrogen) atoms. The first-order chi connectivity index (χ1) is 21.3. The van der Waals surface area contributed by atoms with Crippen LogP contribution in [0, 0.1) is 11.3 Å². The third-order valence-electron chi connectivity index (χ3n) is 9.07. The standard InChI is InChI=1S/C37H26BN3OSe/c39-23-24-20-32-37-34(21-24)42-33-15-7-4-12-28(33)38(37)27-19-18-26(22-31(27)40(32)25-10-2-1-3-11-25)41-29-13-5-8-16-35(29)43-36-17-9-6-14-30(36)41/h1-5,7-8,10-13,15-16,18-22H,6,9,14,17H2. The van der Waals surface area contributed by atoms with Gasteiger partial charge in [-0.2, -0.15) is 0 Å². The van der Waals surface area contributed by atoms with Crippen molar-refractivity contribution in [3.8, 4) is 17.6 Å². The first-order valence-electron chi connectivity index (χ1n) is 14.9. The van der Waals surface area contributed by atoms with Gasteiger partial charge in [-0.1, -0.05) is 0 Å². The number of allylic oxidation sites excluding steroid dienone is 2. The predicted molar refractivity (Wildman–Crippen MR) is 176 cm³/mol. The Kier molecular flexibility index (Phi) is 5.60. The van der Waals surface area contributed by atoms with Gasteiger partial charge in [-0.05, 0) is 0 Å². The van der Waals surface area contributed by atoms with E-state index in [1.54, 1.807) is 4.47 Å². The number of hydrogen-bond donors (Lipinski definition) is 0. The molecule has 0 amide bonds. The number of nitrogens with zero attached hydrogens (tertiary/aromatic N) is 3. The molecule has 5 aromatic rings. The van der Waals surface area contributed by atoms with E-state index in [0.29, 0.717) is 20.5 Å². The van der Waals surface area contributed by atoms with Gasteiger partial charge in [-0.15, -0.1) is 0 Å². The maximum atomic E-state index is 10.1.